The number of hydrogen-bond donors (Lipinski definition) is 3. The first-order valence-electron chi connectivity index (χ1n) is 7.03. The quantitative estimate of drug-likeness (QED) is 0.785. The van der Waals surface area contributed by atoms with E-state index < -0.39 is 6.03 Å². The minimum atomic E-state index is -0.549. The van der Waals surface area contributed by atoms with E-state index in [1.165, 1.54) is 5.56 Å². The summed E-state index contributed by atoms with van der Waals surface area (Å²) in [7, 11) is 0. The molecule has 4 nitrogen and oxygen atoms in total. The van der Waals surface area contributed by atoms with Gasteiger partial charge in [0.1, 0.15) is 0 Å². The fourth-order valence-corrected chi connectivity index (χ4v) is 2.31. The summed E-state index contributed by atoms with van der Waals surface area (Å²) < 4.78 is 0. The topological polar surface area (TPSA) is 67.2 Å². The fourth-order valence-electron chi connectivity index (χ4n) is 2.31. The van der Waals surface area contributed by atoms with Crippen LogP contribution in [0.2, 0.25) is 0 Å². The Bertz CT molecular complexity index is 581. The average Bonchev–Trinajstić information content (AvgIpc) is 2.48. The minimum absolute atomic E-state index is 0.211. The van der Waals surface area contributed by atoms with E-state index in [-0.39, 0.29) is 12.1 Å². The molecule has 21 heavy (non-hydrogen) atoms. The van der Waals surface area contributed by atoms with E-state index in [1.54, 1.807) is 0 Å². The zero-order valence-corrected chi connectivity index (χ0v) is 12.3. The summed E-state index contributed by atoms with van der Waals surface area (Å²) in [5, 5.41) is 6.12. The van der Waals surface area contributed by atoms with Crippen LogP contribution in [0, 0.1) is 0 Å². The lowest BCUT2D eigenvalue weighted by Crippen LogP contribution is -2.22. The van der Waals surface area contributed by atoms with Crippen molar-refractivity contribution < 1.29 is 4.79 Å². The largest absolute Gasteiger partial charge is 0.351 e. The monoisotopic (exact) mass is 283 g/mol. The predicted octanol–water partition coefficient (Wildman–Crippen LogP) is 3.59. The third-order valence-electron chi connectivity index (χ3n) is 3.48. The molecule has 2 atom stereocenters. The van der Waals surface area contributed by atoms with Gasteiger partial charge >= 0.3 is 6.03 Å². The van der Waals surface area contributed by atoms with Crippen LogP contribution in [0.3, 0.4) is 0 Å². The highest BCUT2D eigenvalue weighted by Crippen LogP contribution is 2.20. The van der Waals surface area contributed by atoms with E-state index in [4.69, 9.17) is 5.73 Å². The van der Waals surface area contributed by atoms with Crippen molar-refractivity contribution in [2.75, 3.05) is 5.32 Å². The summed E-state index contributed by atoms with van der Waals surface area (Å²) in [6.45, 7) is 4.27. The molecule has 0 aromatic heterocycles. The van der Waals surface area contributed by atoms with E-state index >= 15 is 0 Å². The van der Waals surface area contributed by atoms with Crippen LogP contribution in [0.5, 0.6) is 0 Å². The van der Waals surface area contributed by atoms with E-state index in [9.17, 15) is 4.79 Å². The molecule has 4 N–H and O–H groups in total. The van der Waals surface area contributed by atoms with Gasteiger partial charge in [-0.05, 0) is 37.1 Å². The third kappa shape index (κ3) is 4.33. The van der Waals surface area contributed by atoms with Crippen molar-refractivity contribution in [2.24, 2.45) is 5.73 Å². The van der Waals surface area contributed by atoms with Gasteiger partial charge in [0.05, 0.1) is 0 Å². The molecule has 0 radical (unpaired) electrons. The highest BCUT2D eigenvalue weighted by Gasteiger charge is 2.10. The lowest BCUT2D eigenvalue weighted by atomic mass is 10.0. The molecule has 0 heterocycles. The van der Waals surface area contributed by atoms with E-state index in [1.807, 2.05) is 42.5 Å². The van der Waals surface area contributed by atoms with Crippen LogP contribution < -0.4 is 16.4 Å². The highest BCUT2D eigenvalue weighted by molar-refractivity contribution is 5.87. The third-order valence-corrected chi connectivity index (χ3v) is 3.48. The number of benzene rings is 2. The van der Waals surface area contributed by atoms with E-state index in [2.05, 4.69) is 36.6 Å². The van der Waals surface area contributed by atoms with Gasteiger partial charge < -0.3 is 16.4 Å². The Balaban J connectivity index is 2.00. The van der Waals surface area contributed by atoms with Crippen LogP contribution in [0.25, 0.3) is 0 Å². The maximum Gasteiger partial charge on any atom is 0.316 e. The van der Waals surface area contributed by atoms with Crippen molar-refractivity contribution in [1.29, 1.82) is 0 Å². The van der Waals surface area contributed by atoms with Crippen molar-refractivity contribution >= 4 is 11.7 Å². The fraction of sp³-hybridized carbons (Fsp3) is 0.235. The van der Waals surface area contributed by atoms with Gasteiger partial charge in [-0.1, -0.05) is 42.5 Å². The molecule has 0 aliphatic heterocycles. The lowest BCUT2D eigenvalue weighted by molar-refractivity contribution is 0.259. The Morgan fingerprint density at radius 3 is 1.95 bits per heavy atom. The van der Waals surface area contributed by atoms with Gasteiger partial charge in [-0.2, -0.15) is 0 Å². The molecule has 0 aliphatic carbocycles. The molecule has 0 fully saturated rings. The van der Waals surface area contributed by atoms with Crippen LogP contribution in [0.4, 0.5) is 10.5 Å². The maximum absolute atomic E-state index is 10.8. The summed E-state index contributed by atoms with van der Waals surface area (Å²) >= 11 is 0. The van der Waals surface area contributed by atoms with Gasteiger partial charge in [-0.3, -0.25) is 0 Å². The molecule has 4 heteroatoms. The summed E-state index contributed by atoms with van der Waals surface area (Å²) in [5.74, 6) is 0. The molecule has 2 aromatic carbocycles. The average molecular weight is 283 g/mol. The normalized spacial score (nSPS) is 13.4. The second-order valence-corrected chi connectivity index (χ2v) is 5.13. The second-order valence-electron chi connectivity index (χ2n) is 5.13. The number of carbonyl (C=O) groups excluding carboxylic acids is 1. The molecule has 2 amide bonds. The Morgan fingerprint density at radius 2 is 1.43 bits per heavy atom. The van der Waals surface area contributed by atoms with Gasteiger partial charge in [0, 0.05) is 17.8 Å². The summed E-state index contributed by atoms with van der Waals surface area (Å²) in [6, 6.07) is 17.9. The number of nitrogens with two attached hydrogens (primary N) is 1. The van der Waals surface area contributed by atoms with Gasteiger partial charge in [0.25, 0.3) is 0 Å². The van der Waals surface area contributed by atoms with Crippen molar-refractivity contribution in [3.8, 4) is 0 Å². The first-order chi connectivity index (χ1) is 10.1. The number of nitrogens with one attached hydrogen (secondary N) is 2. The first kappa shape index (κ1) is 15.1. The molecule has 2 rings (SSSR count). The lowest BCUT2D eigenvalue weighted by Gasteiger charge is -2.21. The molecule has 1 unspecified atom stereocenters. The Labute approximate surface area is 125 Å². The van der Waals surface area contributed by atoms with Gasteiger partial charge in [0.15, 0.2) is 0 Å². The minimum Gasteiger partial charge on any atom is -0.351 e. The van der Waals surface area contributed by atoms with Gasteiger partial charge in [0.2, 0.25) is 0 Å². The molecule has 0 aliphatic rings. The standard InChI is InChI=1S/C17H21N3O/c1-12(14-6-4-3-5-7-14)19-13(2)15-8-10-16(11-9-15)20-17(18)21/h3-13,19H,1-2H3,(H3,18,20,21)/t12-,13?/m1/s1. The van der Waals surface area contributed by atoms with Crippen LogP contribution in [-0.4, -0.2) is 6.03 Å². The van der Waals surface area contributed by atoms with Crippen molar-refractivity contribution in [3.63, 3.8) is 0 Å². The molecule has 110 valence electrons. The SMILES string of the molecule is CC(N[C@H](C)c1ccccc1)c1ccc(NC(N)=O)cc1. The number of amides is 2. The van der Waals surface area contributed by atoms with Crippen LogP contribution in [0.1, 0.15) is 37.1 Å². The second kappa shape index (κ2) is 6.90. The first-order valence-corrected chi connectivity index (χ1v) is 7.03. The van der Waals surface area contributed by atoms with E-state index in [0.29, 0.717) is 5.69 Å². The van der Waals surface area contributed by atoms with Gasteiger partial charge in [-0.15, -0.1) is 0 Å². The molecule has 0 spiro atoms. The van der Waals surface area contributed by atoms with Crippen LogP contribution in [-0.2, 0) is 0 Å². The van der Waals surface area contributed by atoms with Crippen LogP contribution in [0.15, 0.2) is 54.6 Å². The summed E-state index contributed by atoms with van der Waals surface area (Å²) in [5.41, 5.74) is 8.21. The number of carbonyl (C=O) groups is 1. The van der Waals surface area contributed by atoms with E-state index in [0.717, 1.165) is 5.56 Å². The predicted molar refractivity (Wildman–Crippen MR) is 86.1 cm³/mol. The molecule has 0 saturated heterocycles. The number of anilines is 1. The number of primary amides is 1. The highest BCUT2D eigenvalue weighted by atomic mass is 16.2. The van der Waals surface area contributed by atoms with Crippen molar-refractivity contribution in [1.82, 2.24) is 5.32 Å². The number of urea groups is 1. The molecule has 0 bridgehead atoms. The molecule has 2 aromatic rings. The Morgan fingerprint density at radius 1 is 0.905 bits per heavy atom. The van der Waals surface area contributed by atoms with Crippen LogP contribution >= 0.6 is 0 Å². The zero-order valence-electron chi connectivity index (χ0n) is 12.3. The number of rotatable bonds is 5. The van der Waals surface area contributed by atoms with Crippen molar-refractivity contribution in [2.45, 2.75) is 25.9 Å². The Kier molecular flexibility index (Phi) is 4.95. The van der Waals surface area contributed by atoms with Gasteiger partial charge in [-0.25, -0.2) is 4.79 Å². The molecular weight excluding hydrogens is 262 g/mol. The Hall–Kier alpha value is -2.33. The van der Waals surface area contributed by atoms with Crippen molar-refractivity contribution in [3.05, 3.63) is 65.7 Å². The molecular formula is C17H21N3O. The summed E-state index contributed by atoms with van der Waals surface area (Å²) in [6.07, 6.45) is 0. The summed E-state index contributed by atoms with van der Waals surface area (Å²) in [4.78, 5) is 10.8. The molecule has 0 saturated carbocycles. The zero-order chi connectivity index (χ0) is 15.2. The smallest absolute Gasteiger partial charge is 0.316 e. The number of hydrogen-bond acceptors (Lipinski definition) is 2. The maximum atomic E-state index is 10.8.